The molecule has 0 aliphatic rings. The molecule has 0 spiro atoms. The van der Waals surface area contributed by atoms with E-state index >= 15 is 0 Å². The van der Waals surface area contributed by atoms with E-state index in [0.717, 1.165) is 4.90 Å². The van der Waals surface area contributed by atoms with Crippen LogP contribution in [0.15, 0.2) is 29.2 Å². The first-order valence-corrected chi connectivity index (χ1v) is 7.98. The SMILES string of the molecule is COC(=O)C(C)C(C)S(=O)c1ccc(C(C)(C)C)cc1. The van der Waals surface area contributed by atoms with Crippen LogP contribution in [0.25, 0.3) is 0 Å². The van der Waals surface area contributed by atoms with Gasteiger partial charge in [0.15, 0.2) is 0 Å². The minimum absolute atomic E-state index is 0.0744. The van der Waals surface area contributed by atoms with Gasteiger partial charge in [0.25, 0.3) is 0 Å². The Labute approximate surface area is 124 Å². The van der Waals surface area contributed by atoms with E-state index in [1.165, 1.54) is 12.7 Å². The topological polar surface area (TPSA) is 43.4 Å². The van der Waals surface area contributed by atoms with Crippen LogP contribution in [0.3, 0.4) is 0 Å². The zero-order chi connectivity index (χ0) is 15.5. The third-order valence-electron chi connectivity index (χ3n) is 3.57. The summed E-state index contributed by atoms with van der Waals surface area (Å²) in [5.41, 5.74) is 1.28. The molecule has 0 radical (unpaired) electrons. The summed E-state index contributed by atoms with van der Waals surface area (Å²) in [5.74, 6) is -0.708. The Morgan fingerprint density at radius 2 is 1.65 bits per heavy atom. The number of carbonyl (C=O) groups excluding carboxylic acids is 1. The Hall–Kier alpha value is -1.16. The Bertz CT molecular complexity index is 485. The van der Waals surface area contributed by atoms with Gasteiger partial charge in [0, 0.05) is 10.1 Å². The van der Waals surface area contributed by atoms with E-state index in [4.69, 9.17) is 4.74 Å². The Balaban J connectivity index is 2.90. The predicted molar refractivity (Wildman–Crippen MR) is 82.2 cm³/mol. The third-order valence-corrected chi connectivity index (χ3v) is 5.39. The fourth-order valence-corrected chi connectivity index (χ4v) is 3.18. The molecule has 0 amide bonds. The summed E-state index contributed by atoms with van der Waals surface area (Å²) in [6, 6.07) is 7.78. The number of methoxy groups -OCH3 is 1. The van der Waals surface area contributed by atoms with Crippen molar-refractivity contribution in [1.82, 2.24) is 0 Å². The van der Waals surface area contributed by atoms with Gasteiger partial charge in [-0.05, 0) is 30.0 Å². The van der Waals surface area contributed by atoms with Gasteiger partial charge in [-0.2, -0.15) is 0 Å². The number of ether oxygens (including phenoxy) is 1. The molecule has 0 bridgehead atoms. The van der Waals surface area contributed by atoms with Crippen molar-refractivity contribution in [3.63, 3.8) is 0 Å². The molecule has 3 atom stereocenters. The molecule has 20 heavy (non-hydrogen) atoms. The maximum absolute atomic E-state index is 12.5. The highest BCUT2D eigenvalue weighted by atomic mass is 32.2. The van der Waals surface area contributed by atoms with Gasteiger partial charge in [0.2, 0.25) is 0 Å². The van der Waals surface area contributed by atoms with Gasteiger partial charge in [-0.15, -0.1) is 0 Å². The molecule has 0 N–H and O–H groups in total. The second-order valence-electron chi connectivity index (χ2n) is 6.09. The van der Waals surface area contributed by atoms with Crippen LogP contribution < -0.4 is 0 Å². The molecule has 112 valence electrons. The summed E-state index contributed by atoms with van der Waals surface area (Å²) in [6.07, 6.45) is 0. The number of benzene rings is 1. The lowest BCUT2D eigenvalue weighted by Gasteiger charge is -2.20. The van der Waals surface area contributed by atoms with Crippen molar-refractivity contribution in [3.05, 3.63) is 29.8 Å². The van der Waals surface area contributed by atoms with Gasteiger partial charge >= 0.3 is 5.97 Å². The minimum Gasteiger partial charge on any atom is -0.469 e. The molecule has 4 heteroatoms. The third kappa shape index (κ3) is 3.92. The maximum atomic E-state index is 12.5. The molecule has 1 aromatic rings. The molecule has 3 unspecified atom stereocenters. The highest BCUT2D eigenvalue weighted by Gasteiger charge is 2.26. The molecule has 0 aromatic heterocycles. The Morgan fingerprint density at radius 3 is 2.05 bits per heavy atom. The molecule has 0 aliphatic heterocycles. The van der Waals surface area contributed by atoms with Gasteiger partial charge < -0.3 is 4.74 Å². The summed E-state index contributed by atoms with van der Waals surface area (Å²) in [5, 5.41) is -0.275. The molecule has 0 saturated heterocycles. The van der Waals surface area contributed by atoms with Gasteiger partial charge in [-0.1, -0.05) is 39.8 Å². The predicted octanol–water partition coefficient (Wildman–Crippen LogP) is 3.29. The van der Waals surface area contributed by atoms with Crippen LogP contribution in [0.4, 0.5) is 0 Å². The molecular weight excluding hydrogens is 272 g/mol. The van der Waals surface area contributed by atoms with Crippen molar-refractivity contribution in [2.75, 3.05) is 7.11 Å². The first-order chi connectivity index (χ1) is 9.18. The smallest absolute Gasteiger partial charge is 0.309 e. The average Bonchev–Trinajstić information content (AvgIpc) is 2.43. The van der Waals surface area contributed by atoms with E-state index in [0.29, 0.717) is 0 Å². The lowest BCUT2D eigenvalue weighted by atomic mass is 9.87. The van der Waals surface area contributed by atoms with E-state index in [1.807, 2.05) is 31.2 Å². The van der Waals surface area contributed by atoms with Gasteiger partial charge in [0.05, 0.1) is 23.8 Å². The van der Waals surface area contributed by atoms with E-state index < -0.39 is 10.8 Å². The zero-order valence-corrected chi connectivity index (χ0v) is 13.9. The van der Waals surface area contributed by atoms with Crippen molar-refractivity contribution in [2.24, 2.45) is 5.92 Å². The lowest BCUT2D eigenvalue weighted by molar-refractivity contribution is -0.144. The molecular formula is C16H24O3S. The van der Waals surface area contributed by atoms with Crippen LogP contribution in [0, 0.1) is 5.92 Å². The Morgan fingerprint density at radius 1 is 1.15 bits per heavy atom. The van der Waals surface area contributed by atoms with Crippen molar-refractivity contribution in [1.29, 1.82) is 0 Å². The van der Waals surface area contributed by atoms with Crippen LogP contribution in [0.2, 0.25) is 0 Å². The van der Waals surface area contributed by atoms with E-state index in [1.54, 1.807) is 6.92 Å². The first-order valence-electron chi connectivity index (χ1n) is 6.77. The summed E-state index contributed by atoms with van der Waals surface area (Å²) >= 11 is 0. The second-order valence-corrected chi connectivity index (χ2v) is 7.90. The van der Waals surface area contributed by atoms with Crippen molar-refractivity contribution < 1.29 is 13.7 Å². The quantitative estimate of drug-likeness (QED) is 0.801. The second kappa shape index (κ2) is 6.53. The highest BCUT2D eigenvalue weighted by Crippen LogP contribution is 2.24. The number of hydrogen-bond acceptors (Lipinski definition) is 3. The van der Waals surface area contributed by atoms with Crippen molar-refractivity contribution in [3.8, 4) is 0 Å². The molecule has 0 saturated carbocycles. The monoisotopic (exact) mass is 296 g/mol. The van der Waals surface area contributed by atoms with Crippen LogP contribution in [-0.2, 0) is 25.7 Å². The highest BCUT2D eigenvalue weighted by molar-refractivity contribution is 7.85. The number of carbonyl (C=O) groups is 1. The molecule has 0 heterocycles. The van der Waals surface area contributed by atoms with E-state index in [2.05, 4.69) is 20.8 Å². The minimum atomic E-state index is -1.22. The fraction of sp³-hybridized carbons (Fsp3) is 0.562. The van der Waals surface area contributed by atoms with Gasteiger partial charge in [-0.3, -0.25) is 9.00 Å². The summed E-state index contributed by atoms with van der Waals surface area (Å²) in [4.78, 5) is 12.3. The van der Waals surface area contributed by atoms with Crippen LogP contribution in [0.1, 0.15) is 40.2 Å². The first kappa shape index (κ1) is 16.9. The maximum Gasteiger partial charge on any atom is 0.309 e. The van der Waals surface area contributed by atoms with Gasteiger partial charge in [-0.25, -0.2) is 0 Å². The van der Waals surface area contributed by atoms with Crippen LogP contribution >= 0.6 is 0 Å². The van der Waals surface area contributed by atoms with E-state index in [-0.39, 0.29) is 22.6 Å². The fourth-order valence-electron chi connectivity index (χ4n) is 1.87. The van der Waals surface area contributed by atoms with Crippen LogP contribution in [-0.4, -0.2) is 22.5 Å². The zero-order valence-electron chi connectivity index (χ0n) is 13.1. The largest absolute Gasteiger partial charge is 0.469 e. The van der Waals surface area contributed by atoms with Crippen LogP contribution in [0.5, 0.6) is 0 Å². The summed E-state index contributed by atoms with van der Waals surface area (Å²) < 4.78 is 17.2. The Kier molecular flexibility index (Phi) is 5.51. The number of rotatable bonds is 4. The standard InChI is InChI=1S/C16H24O3S/c1-11(15(17)19-6)12(2)20(18)14-9-7-13(8-10-14)16(3,4)5/h7-12H,1-6H3. The molecule has 0 fully saturated rings. The summed E-state index contributed by atoms with van der Waals surface area (Å²) in [7, 11) is 0.137. The number of hydrogen-bond donors (Lipinski definition) is 0. The molecule has 1 aromatic carbocycles. The van der Waals surface area contributed by atoms with E-state index in [9.17, 15) is 9.00 Å². The lowest BCUT2D eigenvalue weighted by Crippen LogP contribution is -2.28. The van der Waals surface area contributed by atoms with Crippen molar-refractivity contribution >= 4 is 16.8 Å². The van der Waals surface area contributed by atoms with Gasteiger partial charge in [0.1, 0.15) is 0 Å². The summed E-state index contributed by atoms with van der Waals surface area (Å²) in [6.45, 7) is 9.98. The molecule has 3 nitrogen and oxygen atoms in total. The average molecular weight is 296 g/mol. The van der Waals surface area contributed by atoms with Crippen molar-refractivity contribution in [2.45, 2.75) is 50.2 Å². The normalized spacial score (nSPS) is 16.3. The molecule has 1 rings (SSSR count). The molecule has 0 aliphatic carbocycles. The number of esters is 1.